The van der Waals surface area contributed by atoms with Gasteiger partial charge in [-0.15, -0.1) is 0 Å². The maximum Gasteiger partial charge on any atom is 0.244 e. The summed E-state index contributed by atoms with van der Waals surface area (Å²) < 4.78 is 18.3. The molecule has 0 bridgehead atoms. The second-order valence-corrected chi connectivity index (χ2v) is 6.76. The first-order valence-electron chi connectivity index (χ1n) is 9.97. The Balaban J connectivity index is 1.85. The number of para-hydroxylation sites is 1. The summed E-state index contributed by atoms with van der Waals surface area (Å²) in [6, 6.07) is 12.6. The maximum absolute atomic E-state index is 12.8. The number of benzene rings is 2. The second-order valence-electron chi connectivity index (χ2n) is 6.76. The Hall–Kier alpha value is -3.74. The van der Waals surface area contributed by atoms with Gasteiger partial charge < -0.3 is 24.1 Å². The first-order valence-corrected chi connectivity index (χ1v) is 9.97. The zero-order valence-corrected chi connectivity index (χ0v) is 18.2. The summed E-state index contributed by atoms with van der Waals surface area (Å²) in [5.41, 5.74) is 1.65. The van der Waals surface area contributed by atoms with E-state index >= 15 is 0 Å². The SMILES string of the molecule is CCOc1cc(/C=C/C(=O)NC(c2ccccc2OC)c2nccn2C)ccc1OC. The third-order valence-electron chi connectivity index (χ3n) is 4.77. The number of hydrogen-bond donors (Lipinski definition) is 1. The van der Waals surface area contributed by atoms with Gasteiger partial charge in [-0.2, -0.15) is 0 Å². The van der Waals surface area contributed by atoms with Crippen LogP contribution in [0.4, 0.5) is 0 Å². The van der Waals surface area contributed by atoms with Gasteiger partial charge in [0.25, 0.3) is 0 Å². The predicted octanol–water partition coefficient (Wildman–Crippen LogP) is 3.76. The Morgan fingerprint density at radius 2 is 1.90 bits per heavy atom. The Morgan fingerprint density at radius 1 is 1.13 bits per heavy atom. The molecule has 1 amide bonds. The minimum atomic E-state index is -0.469. The number of methoxy groups -OCH3 is 2. The van der Waals surface area contributed by atoms with Crippen LogP contribution in [-0.4, -0.2) is 36.3 Å². The topological polar surface area (TPSA) is 74.6 Å². The largest absolute Gasteiger partial charge is 0.496 e. The fourth-order valence-corrected chi connectivity index (χ4v) is 3.27. The lowest BCUT2D eigenvalue weighted by atomic mass is 10.0. The molecule has 1 heterocycles. The van der Waals surface area contributed by atoms with Crippen LogP contribution in [0, 0.1) is 0 Å². The third kappa shape index (κ3) is 5.25. The maximum atomic E-state index is 12.8. The van der Waals surface area contributed by atoms with E-state index in [9.17, 15) is 4.79 Å². The van der Waals surface area contributed by atoms with Crippen molar-refractivity contribution in [3.05, 3.63) is 77.9 Å². The standard InChI is InChI=1S/C24H27N3O4/c1-5-31-21-16-17(10-12-20(21)30-4)11-13-22(28)26-23(24-25-14-15-27(24)2)18-8-6-7-9-19(18)29-3/h6-16,23H,5H2,1-4H3,(H,26,28)/b13-11+. The number of nitrogens with one attached hydrogen (secondary N) is 1. The van der Waals surface area contributed by atoms with E-state index in [1.807, 2.05) is 67.2 Å². The Kier molecular flexibility index (Phi) is 7.32. The Bertz CT molecular complexity index is 1060. The number of nitrogens with zero attached hydrogens (tertiary/aromatic N) is 2. The summed E-state index contributed by atoms with van der Waals surface area (Å²) in [5.74, 6) is 2.40. The highest BCUT2D eigenvalue weighted by Gasteiger charge is 2.23. The number of amides is 1. The third-order valence-corrected chi connectivity index (χ3v) is 4.77. The molecule has 3 aromatic rings. The molecule has 1 atom stereocenters. The molecule has 3 rings (SSSR count). The van der Waals surface area contributed by atoms with Crippen LogP contribution >= 0.6 is 0 Å². The van der Waals surface area contributed by atoms with E-state index in [4.69, 9.17) is 14.2 Å². The summed E-state index contributed by atoms with van der Waals surface area (Å²) >= 11 is 0. The summed E-state index contributed by atoms with van der Waals surface area (Å²) in [5, 5.41) is 3.04. The van der Waals surface area contributed by atoms with Crippen LogP contribution in [0.15, 0.2) is 60.9 Å². The lowest BCUT2D eigenvalue weighted by Gasteiger charge is -2.20. The van der Waals surface area contributed by atoms with Crippen LogP contribution in [0.3, 0.4) is 0 Å². The van der Waals surface area contributed by atoms with E-state index in [2.05, 4.69) is 10.3 Å². The molecule has 162 valence electrons. The molecule has 0 radical (unpaired) electrons. The first kappa shape index (κ1) is 22.0. The molecule has 7 nitrogen and oxygen atoms in total. The van der Waals surface area contributed by atoms with Crippen molar-refractivity contribution in [1.29, 1.82) is 0 Å². The predicted molar refractivity (Wildman–Crippen MR) is 119 cm³/mol. The number of aromatic nitrogens is 2. The highest BCUT2D eigenvalue weighted by Crippen LogP contribution is 2.30. The van der Waals surface area contributed by atoms with Crippen LogP contribution in [-0.2, 0) is 11.8 Å². The average Bonchev–Trinajstić information content (AvgIpc) is 3.22. The van der Waals surface area contributed by atoms with Crippen molar-refractivity contribution in [2.45, 2.75) is 13.0 Å². The van der Waals surface area contributed by atoms with Crippen molar-refractivity contribution in [3.8, 4) is 17.2 Å². The van der Waals surface area contributed by atoms with E-state index in [1.165, 1.54) is 6.08 Å². The lowest BCUT2D eigenvalue weighted by Crippen LogP contribution is -2.30. The molecule has 2 aromatic carbocycles. The molecule has 0 aliphatic heterocycles. The number of rotatable bonds is 9. The van der Waals surface area contributed by atoms with Crippen molar-refractivity contribution >= 4 is 12.0 Å². The van der Waals surface area contributed by atoms with Gasteiger partial charge in [0.05, 0.1) is 20.8 Å². The van der Waals surface area contributed by atoms with Crippen LogP contribution in [0.1, 0.15) is 29.9 Å². The monoisotopic (exact) mass is 421 g/mol. The molecule has 7 heteroatoms. The van der Waals surface area contributed by atoms with Crippen LogP contribution < -0.4 is 19.5 Å². The molecule has 1 unspecified atom stereocenters. The minimum Gasteiger partial charge on any atom is -0.496 e. The van der Waals surface area contributed by atoms with E-state index < -0.39 is 6.04 Å². The number of aryl methyl sites for hydroxylation is 1. The van der Waals surface area contributed by atoms with Crippen molar-refractivity contribution in [2.24, 2.45) is 7.05 Å². The average molecular weight is 421 g/mol. The second kappa shape index (κ2) is 10.3. The zero-order chi connectivity index (χ0) is 22.2. The molecule has 0 aliphatic carbocycles. The number of carbonyl (C=O) groups is 1. The van der Waals surface area contributed by atoms with Gasteiger partial charge >= 0.3 is 0 Å². The molecular weight excluding hydrogens is 394 g/mol. The van der Waals surface area contributed by atoms with Crippen LogP contribution in [0.5, 0.6) is 17.2 Å². The smallest absolute Gasteiger partial charge is 0.244 e. The normalized spacial score (nSPS) is 11.9. The van der Waals surface area contributed by atoms with Gasteiger partial charge in [-0.05, 0) is 36.8 Å². The van der Waals surface area contributed by atoms with Crippen LogP contribution in [0.2, 0.25) is 0 Å². The quantitative estimate of drug-likeness (QED) is 0.533. The summed E-state index contributed by atoms with van der Waals surface area (Å²) in [7, 11) is 5.09. The molecule has 0 fully saturated rings. The van der Waals surface area contributed by atoms with Crippen LogP contribution in [0.25, 0.3) is 6.08 Å². The van der Waals surface area contributed by atoms with E-state index in [1.54, 1.807) is 26.5 Å². The molecule has 0 saturated heterocycles. The lowest BCUT2D eigenvalue weighted by molar-refractivity contribution is -0.117. The molecule has 1 N–H and O–H groups in total. The van der Waals surface area contributed by atoms with Crippen molar-refractivity contribution in [2.75, 3.05) is 20.8 Å². The van der Waals surface area contributed by atoms with Gasteiger partial charge in [-0.3, -0.25) is 4.79 Å². The first-order chi connectivity index (χ1) is 15.1. The van der Waals surface area contributed by atoms with Gasteiger partial charge in [0.2, 0.25) is 5.91 Å². The number of carbonyl (C=O) groups excluding carboxylic acids is 1. The Labute approximate surface area is 182 Å². The summed E-state index contributed by atoms with van der Waals surface area (Å²) in [4.78, 5) is 17.2. The van der Waals surface area contributed by atoms with Gasteiger partial charge in [0, 0.05) is 31.1 Å². The number of ether oxygens (including phenoxy) is 3. The van der Waals surface area contributed by atoms with Gasteiger partial charge in [0.1, 0.15) is 17.6 Å². The number of imidazole rings is 1. The molecule has 0 aliphatic rings. The van der Waals surface area contributed by atoms with E-state index in [0.717, 1.165) is 11.1 Å². The minimum absolute atomic E-state index is 0.257. The fourth-order valence-electron chi connectivity index (χ4n) is 3.27. The van der Waals surface area contributed by atoms with Gasteiger partial charge in [-0.25, -0.2) is 4.98 Å². The van der Waals surface area contributed by atoms with Gasteiger partial charge in [-0.1, -0.05) is 24.3 Å². The summed E-state index contributed by atoms with van der Waals surface area (Å²) in [6.45, 7) is 2.43. The van der Waals surface area contributed by atoms with E-state index in [0.29, 0.717) is 29.7 Å². The van der Waals surface area contributed by atoms with E-state index in [-0.39, 0.29) is 5.91 Å². The molecule has 31 heavy (non-hydrogen) atoms. The Morgan fingerprint density at radius 3 is 2.58 bits per heavy atom. The summed E-state index contributed by atoms with van der Waals surface area (Å²) in [6.07, 6.45) is 6.76. The highest BCUT2D eigenvalue weighted by molar-refractivity contribution is 5.92. The molecule has 0 spiro atoms. The zero-order valence-electron chi connectivity index (χ0n) is 18.2. The fraction of sp³-hybridized carbons (Fsp3) is 0.250. The molecule has 1 aromatic heterocycles. The van der Waals surface area contributed by atoms with Crippen molar-refractivity contribution in [1.82, 2.24) is 14.9 Å². The highest BCUT2D eigenvalue weighted by atomic mass is 16.5. The van der Waals surface area contributed by atoms with Crippen molar-refractivity contribution in [3.63, 3.8) is 0 Å². The van der Waals surface area contributed by atoms with Gasteiger partial charge in [0.15, 0.2) is 11.5 Å². The molecule has 0 saturated carbocycles. The molecular formula is C24H27N3O4. The number of hydrogen-bond acceptors (Lipinski definition) is 5. The van der Waals surface area contributed by atoms with Crippen molar-refractivity contribution < 1.29 is 19.0 Å².